The molecule has 3 rings (SSSR count). The van der Waals surface area contributed by atoms with Crippen molar-refractivity contribution in [2.24, 2.45) is 0 Å². The summed E-state index contributed by atoms with van der Waals surface area (Å²) in [6.07, 6.45) is 1.41. The molecule has 2 amide bonds. The van der Waals surface area contributed by atoms with Crippen molar-refractivity contribution in [1.29, 1.82) is 0 Å². The van der Waals surface area contributed by atoms with Crippen LogP contribution in [0.15, 0.2) is 78.9 Å². The van der Waals surface area contributed by atoms with Gasteiger partial charge in [0.1, 0.15) is 6.04 Å². The fourth-order valence-electron chi connectivity index (χ4n) is 3.72. The number of hydrogen-bond donors (Lipinski definition) is 1. The zero-order valence-corrected chi connectivity index (χ0v) is 20.0. The predicted molar refractivity (Wildman–Crippen MR) is 134 cm³/mol. The highest BCUT2D eigenvalue weighted by atomic mass is 35.5. The number of amides is 2. The van der Waals surface area contributed by atoms with Gasteiger partial charge < -0.3 is 10.2 Å². The molecule has 1 atom stereocenters. The molecular formula is C28H31ClN2O2. The highest BCUT2D eigenvalue weighted by Crippen LogP contribution is 2.20. The van der Waals surface area contributed by atoms with Gasteiger partial charge in [-0.2, -0.15) is 0 Å². The van der Waals surface area contributed by atoms with Crippen LogP contribution in [0.5, 0.6) is 0 Å². The van der Waals surface area contributed by atoms with Crippen LogP contribution in [0.1, 0.15) is 35.6 Å². The molecule has 0 unspecified atom stereocenters. The summed E-state index contributed by atoms with van der Waals surface area (Å²) in [5, 5.41) is 3.55. The molecule has 0 radical (unpaired) electrons. The maximum Gasteiger partial charge on any atom is 0.243 e. The SMILES string of the molecule is CCCNC(=O)[C@@H](Cc1ccccc1)N(Cc1ccc(C)cc1)C(=O)Cc1ccccc1Cl. The summed E-state index contributed by atoms with van der Waals surface area (Å²) in [4.78, 5) is 28.6. The summed E-state index contributed by atoms with van der Waals surface area (Å²) in [6, 6.07) is 24.6. The van der Waals surface area contributed by atoms with Crippen molar-refractivity contribution >= 4 is 23.4 Å². The maximum absolute atomic E-state index is 13.6. The molecule has 0 saturated carbocycles. The monoisotopic (exact) mass is 462 g/mol. The van der Waals surface area contributed by atoms with Crippen molar-refractivity contribution in [3.63, 3.8) is 0 Å². The minimum absolute atomic E-state index is 0.128. The van der Waals surface area contributed by atoms with Crippen LogP contribution < -0.4 is 5.32 Å². The van der Waals surface area contributed by atoms with Crippen LogP contribution in [0.2, 0.25) is 5.02 Å². The number of nitrogens with zero attached hydrogens (tertiary/aromatic N) is 1. The van der Waals surface area contributed by atoms with Gasteiger partial charge in [0.05, 0.1) is 6.42 Å². The van der Waals surface area contributed by atoms with E-state index in [1.54, 1.807) is 11.0 Å². The van der Waals surface area contributed by atoms with Crippen molar-refractivity contribution < 1.29 is 9.59 Å². The first-order chi connectivity index (χ1) is 16.0. The second-order valence-corrected chi connectivity index (χ2v) is 8.68. The Balaban J connectivity index is 1.95. The number of carbonyl (C=O) groups excluding carboxylic acids is 2. The summed E-state index contributed by atoms with van der Waals surface area (Å²) >= 11 is 6.34. The van der Waals surface area contributed by atoms with Crippen molar-refractivity contribution in [3.05, 3.63) is 106 Å². The fourth-order valence-corrected chi connectivity index (χ4v) is 3.92. The normalized spacial score (nSPS) is 11.6. The van der Waals surface area contributed by atoms with Gasteiger partial charge in [-0.05, 0) is 36.1 Å². The van der Waals surface area contributed by atoms with Gasteiger partial charge in [0.2, 0.25) is 11.8 Å². The summed E-state index contributed by atoms with van der Waals surface area (Å²) in [6.45, 7) is 4.96. The molecule has 0 aliphatic carbocycles. The highest BCUT2D eigenvalue weighted by Gasteiger charge is 2.30. The van der Waals surface area contributed by atoms with E-state index in [0.29, 0.717) is 24.5 Å². The molecule has 0 bridgehead atoms. The van der Waals surface area contributed by atoms with E-state index in [-0.39, 0.29) is 18.2 Å². The Morgan fingerprint density at radius 2 is 1.58 bits per heavy atom. The smallest absolute Gasteiger partial charge is 0.243 e. The van der Waals surface area contributed by atoms with Gasteiger partial charge in [-0.3, -0.25) is 9.59 Å². The molecule has 0 aromatic heterocycles. The highest BCUT2D eigenvalue weighted by molar-refractivity contribution is 6.31. The van der Waals surface area contributed by atoms with Crippen LogP contribution in [0.4, 0.5) is 0 Å². The average Bonchev–Trinajstić information content (AvgIpc) is 2.83. The van der Waals surface area contributed by atoms with Crippen LogP contribution in [0, 0.1) is 6.92 Å². The van der Waals surface area contributed by atoms with Crippen LogP contribution in [0.25, 0.3) is 0 Å². The van der Waals surface area contributed by atoms with E-state index in [0.717, 1.165) is 28.7 Å². The van der Waals surface area contributed by atoms with E-state index in [1.807, 2.05) is 86.6 Å². The van der Waals surface area contributed by atoms with Crippen molar-refractivity contribution in [1.82, 2.24) is 10.2 Å². The number of carbonyl (C=O) groups is 2. The summed E-state index contributed by atoms with van der Waals surface area (Å²) in [5.74, 6) is -0.267. The first-order valence-electron chi connectivity index (χ1n) is 11.4. The molecule has 0 heterocycles. The van der Waals surface area contributed by atoms with Gasteiger partial charge in [-0.15, -0.1) is 0 Å². The topological polar surface area (TPSA) is 49.4 Å². The summed E-state index contributed by atoms with van der Waals surface area (Å²) in [5.41, 5.74) is 3.89. The molecule has 0 fully saturated rings. The number of hydrogen-bond acceptors (Lipinski definition) is 2. The minimum Gasteiger partial charge on any atom is -0.354 e. The Morgan fingerprint density at radius 3 is 2.24 bits per heavy atom. The first-order valence-corrected chi connectivity index (χ1v) is 11.8. The van der Waals surface area contributed by atoms with Crippen LogP contribution in [0.3, 0.4) is 0 Å². The molecule has 5 heteroatoms. The first kappa shape index (κ1) is 24.5. The van der Waals surface area contributed by atoms with E-state index in [9.17, 15) is 9.59 Å². The van der Waals surface area contributed by atoms with Gasteiger partial charge >= 0.3 is 0 Å². The third kappa shape index (κ3) is 7.19. The summed E-state index contributed by atoms with van der Waals surface area (Å²) < 4.78 is 0. The van der Waals surface area contributed by atoms with Gasteiger partial charge in [0, 0.05) is 24.5 Å². The molecular weight excluding hydrogens is 432 g/mol. The molecule has 0 saturated heterocycles. The lowest BCUT2D eigenvalue weighted by Crippen LogP contribution is -2.51. The standard InChI is InChI=1S/C28H31ClN2O2/c1-3-17-30-28(33)26(18-22-9-5-4-6-10-22)31(20-23-15-13-21(2)14-16-23)27(32)19-24-11-7-8-12-25(24)29/h4-16,26H,3,17-20H2,1-2H3,(H,30,33)/t26-/m1/s1. The Hall–Kier alpha value is -3.11. The number of benzene rings is 3. The van der Waals surface area contributed by atoms with Crippen LogP contribution in [-0.2, 0) is 29.0 Å². The van der Waals surface area contributed by atoms with E-state index in [1.165, 1.54) is 0 Å². The average molecular weight is 463 g/mol. The lowest BCUT2D eigenvalue weighted by atomic mass is 10.0. The third-order valence-electron chi connectivity index (χ3n) is 5.59. The zero-order chi connectivity index (χ0) is 23.6. The Bertz CT molecular complexity index is 1050. The van der Waals surface area contributed by atoms with E-state index < -0.39 is 6.04 Å². The Kier molecular flexibility index (Phi) is 9.08. The number of rotatable bonds is 10. The van der Waals surface area contributed by atoms with Crippen molar-refractivity contribution in [3.8, 4) is 0 Å². The lowest BCUT2D eigenvalue weighted by Gasteiger charge is -2.32. The van der Waals surface area contributed by atoms with Crippen LogP contribution in [-0.4, -0.2) is 29.3 Å². The summed E-state index contributed by atoms with van der Waals surface area (Å²) in [7, 11) is 0. The van der Waals surface area contributed by atoms with E-state index in [2.05, 4.69) is 5.32 Å². The van der Waals surface area contributed by atoms with Gasteiger partial charge in [-0.1, -0.05) is 96.9 Å². The third-order valence-corrected chi connectivity index (χ3v) is 5.96. The molecule has 33 heavy (non-hydrogen) atoms. The molecule has 0 aliphatic heterocycles. The fraction of sp³-hybridized carbons (Fsp3) is 0.286. The second-order valence-electron chi connectivity index (χ2n) is 8.27. The molecule has 3 aromatic rings. The predicted octanol–water partition coefficient (Wildman–Crippen LogP) is 5.36. The van der Waals surface area contributed by atoms with E-state index in [4.69, 9.17) is 11.6 Å². The quantitative estimate of drug-likeness (QED) is 0.441. The minimum atomic E-state index is -0.629. The zero-order valence-electron chi connectivity index (χ0n) is 19.3. The van der Waals surface area contributed by atoms with Crippen molar-refractivity contribution in [2.45, 2.75) is 45.7 Å². The lowest BCUT2D eigenvalue weighted by molar-refractivity contribution is -0.140. The number of aryl methyl sites for hydroxylation is 1. The van der Waals surface area contributed by atoms with Gasteiger partial charge in [0.15, 0.2) is 0 Å². The van der Waals surface area contributed by atoms with Crippen LogP contribution >= 0.6 is 11.6 Å². The Morgan fingerprint density at radius 1 is 0.909 bits per heavy atom. The molecule has 1 N–H and O–H groups in total. The molecule has 4 nitrogen and oxygen atoms in total. The van der Waals surface area contributed by atoms with Gasteiger partial charge in [-0.25, -0.2) is 0 Å². The number of nitrogens with one attached hydrogen (secondary N) is 1. The number of halogens is 1. The molecule has 0 aliphatic rings. The molecule has 172 valence electrons. The molecule has 0 spiro atoms. The van der Waals surface area contributed by atoms with Gasteiger partial charge in [0.25, 0.3) is 0 Å². The largest absolute Gasteiger partial charge is 0.354 e. The van der Waals surface area contributed by atoms with Crippen molar-refractivity contribution in [2.75, 3.05) is 6.54 Å². The second kappa shape index (κ2) is 12.2. The molecule has 3 aromatic carbocycles. The Labute approximate surface area is 201 Å². The van der Waals surface area contributed by atoms with E-state index >= 15 is 0 Å². The maximum atomic E-state index is 13.6.